The summed E-state index contributed by atoms with van der Waals surface area (Å²) in [6.07, 6.45) is 2.96. The molecule has 28 heavy (non-hydrogen) atoms. The standard InChI is InChI=1S/C24H22Cl2N2/c25-21-11-6-10-19(23(21)26)24-18(9-4-5-14-27)20-15-17(12-13-22(20)28-24)16-7-2-1-3-8-16/h1-3,6-8,10-13,15,28H,4-5,9,14,27H2. The summed E-state index contributed by atoms with van der Waals surface area (Å²) in [5.41, 5.74) is 12.5. The van der Waals surface area contributed by atoms with Crippen LogP contribution in [-0.4, -0.2) is 11.5 Å². The summed E-state index contributed by atoms with van der Waals surface area (Å²) in [7, 11) is 0. The second-order valence-corrected chi connectivity index (χ2v) is 7.74. The summed E-state index contributed by atoms with van der Waals surface area (Å²) in [6.45, 7) is 0.699. The van der Waals surface area contributed by atoms with Crippen LogP contribution in [-0.2, 0) is 6.42 Å². The number of nitrogens with one attached hydrogen (secondary N) is 1. The summed E-state index contributed by atoms with van der Waals surface area (Å²) < 4.78 is 0. The van der Waals surface area contributed by atoms with E-state index in [1.807, 2.05) is 24.3 Å². The lowest BCUT2D eigenvalue weighted by Gasteiger charge is -2.08. The highest BCUT2D eigenvalue weighted by Gasteiger charge is 2.17. The number of hydrogen-bond acceptors (Lipinski definition) is 1. The lowest BCUT2D eigenvalue weighted by Crippen LogP contribution is -1.99. The van der Waals surface area contributed by atoms with Gasteiger partial charge in [-0.25, -0.2) is 0 Å². The fraction of sp³-hybridized carbons (Fsp3) is 0.167. The highest BCUT2D eigenvalue weighted by atomic mass is 35.5. The lowest BCUT2D eigenvalue weighted by atomic mass is 9.97. The van der Waals surface area contributed by atoms with Crippen LogP contribution < -0.4 is 5.73 Å². The molecule has 0 unspecified atom stereocenters. The fourth-order valence-corrected chi connectivity index (χ4v) is 4.09. The minimum atomic E-state index is 0.565. The van der Waals surface area contributed by atoms with Crippen LogP contribution in [0.2, 0.25) is 10.0 Å². The van der Waals surface area contributed by atoms with Gasteiger partial charge in [0, 0.05) is 16.5 Å². The Bertz CT molecular complexity index is 1100. The first kappa shape index (κ1) is 19.1. The second kappa shape index (κ2) is 8.40. The summed E-state index contributed by atoms with van der Waals surface area (Å²) in [4.78, 5) is 3.58. The summed E-state index contributed by atoms with van der Waals surface area (Å²) >= 11 is 12.8. The summed E-state index contributed by atoms with van der Waals surface area (Å²) in [5.74, 6) is 0. The van der Waals surface area contributed by atoms with Gasteiger partial charge in [-0.15, -0.1) is 0 Å². The van der Waals surface area contributed by atoms with E-state index in [0.717, 1.165) is 36.0 Å². The molecule has 0 fully saturated rings. The van der Waals surface area contributed by atoms with Gasteiger partial charge < -0.3 is 10.7 Å². The van der Waals surface area contributed by atoms with Crippen LogP contribution in [0, 0.1) is 0 Å². The average molecular weight is 409 g/mol. The Morgan fingerprint density at radius 1 is 0.821 bits per heavy atom. The predicted octanol–water partition coefficient (Wildman–Crippen LogP) is 7.09. The van der Waals surface area contributed by atoms with Crippen LogP contribution in [0.1, 0.15) is 18.4 Å². The number of fused-ring (bicyclic) bond motifs is 1. The van der Waals surface area contributed by atoms with E-state index in [9.17, 15) is 0 Å². The van der Waals surface area contributed by atoms with E-state index in [1.54, 1.807) is 0 Å². The van der Waals surface area contributed by atoms with Crippen molar-refractivity contribution in [3.8, 4) is 22.4 Å². The van der Waals surface area contributed by atoms with Crippen LogP contribution in [0.25, 0.3) is 33.3 Å². The number of rotatable bonds is 6. The van der Waals surface area contributed by atoms with Crippen molar-refractivity contribution in [3.63, 3.8) is 0 Å². The van der Waals surface area contributed by atoms with E-state index in [-0.39, 0.29) is 0 Å². The molecule has 0 bridgehead atoms. The number of halogens is 2. The van der Waals surface area contributed by atoms with Crippen molar-refractivity contribution in [2.75, 3.05) is 6.54 Å². The molecule has 2 nitrogen and oxygen atoms in total. The molecule has 4 heteroatoms. The largest absolute Gasteiger partial charge is 0.354 e. The van der Waals surface area contributed by atoms with Crippen molar-refractivity contribution in [3.05, 3.63) is 82.3 Å². The van der Waals surface area contributed by atoms with Crippen LogP contribution in [0.5, 0.6) is 0 Å². The zero-order chi connectivity index (χ0) is 19.5. The second-order valence-electron chi connectivity index (χ2n) is 6.95. The number of hydrogen-bond donors (Lipinski definition) is 2. The third-order valence-electron chi connectivity index (χ3n) is 5.12. The monoisotopic (exact) mass is 408 g/mol. The molecule has 142 valence electrons. The van der Waals surface area contributed by atoms with Crippen LogP contribution in [0.3, 0.4) is 0 Å². The molecule has 3 N–H and O–H groups in total. The van der Waals surface area contributed by atoms with E-state index in [1.165, 1.54) is 22.1 Å². The van der Waals surface area contributed by atoms with Crippen molar-refractivity contribution in [1.29, 1.82) is 0 Å². The molecule has 0 amide bonds. The van der Waals surface area contributed by atoms with Crippen molar-refractivity contribution >= 4 is 34.1 Å². The number of benzene rings is 3. The van der Waals surface area contributed by atoms with Gasteiger partial charge in [0.15, 0.2) is 0 Å². The number of aromatic nitrogens is 1. The highest BCUT2D eigenvalue weighted by molar-refractivity contribution is 6.43. The van der Waals surface area contributed by atoms with Crippen LogP contribution >= 0.6 is 23.2 Å². The summed E-state index contributed by atoms with van der Waals surface area (Å²) in [5, 5.41) is 2.37. The van der Waals surface area contributed by atoms with Crippen molar-refractivity contribution in [1.82, 2.24) is 4.98 Å². The van der Waals surface area contributed by atoms with Gasteiger partial charge in [-0.3, -0.25) is 0 Å². The highest BCUT2D eigenvalue weighted by Crippen LogP contribution is 2.39. The van der Waals surface area contributed by atoms with Crippen LogP contribution in [0.4, 0.5) is 0 Å². The molecule has 0 radical (unpaired) electrons. The number of aryl methyl sites for hydroxylation is 1. The van der Waals surface area contributed by atoms with Gasteiger partial charge in [0.2, 0.25) is 0 Å². The van der Waals surface area contributed by atoms with Gasteiger partial charge in [-0.2, -0.15) is 0 Å². The molecule has 4 rings (SSSR count). The molecular weight excluding hydrogens is 387 g/mol. The molecule has 0 atom stereocenters. The molecule has 1 heterocycles. The first-order valence-corrected chi connectivity index (χ1v) is 10.3. The quantitative estimate of drug-likeness (QED) is 0.328. The topological polar surface area (TPSA) is 41.8 Å². The Morgan fingerprint density at radius 2 is 1.64 bits per heavy atom. The normalized spacial score (nSPS) is 11.2. The first-order valence-electron chi connectivity index (χ1n) is 9.53. The van der Waals surface area contributed by atoms with Gasteiger partial charge in [0.05, 0.1) is 15.7 Å². The van der Waals surface area contributed by atoms with E-state index < -0.39 is 0 Å². The molecule has 0 aliphatic heterocycles. The minimum absolute atomic E-state index is 0.565. The molecular formula is C24H22Cl2N2. The van der Waals surface area contributed by atoms with Crippen molar-refractivity contribution in [2.45, 2.75) is 19.3 Å². The predicted molar refractivity (Wildman–Crippen MR) is 121 cm³/mol. The van der Waals surface area contributed by atoms with Crippen molar-refractivity contribution < 1.29 is 0 Å². The van der Waals surface area contributed by atoms with Gasteiger partial charge in [0.25, 0.3) is 0 Å². The maximum atomic E-state index is 6.54. The molecule has 3 aromatic carbocycles. The first-order chi connectivity index (χ1) is 13.7. The Hall–Kier alpha value is -2.26. The third kappa shape index (κ3) is 3.68. The number of unbranched alkanes of at least 4 members (excludes halogenated alkanes) is 1. The smallest absolute Gasteiger partial charge is 0.0685 e. The fourth-order valence-electron chi connectivity index (χ4n) is 3.69. The third-order valence-corrected chi connectivity index (χ3v) is 5.93. The van der Waals surface area contributed by atoms with E-state index in [4.69, 9.17) is 28.9 Å². The zero-order valence-electron chi connectivity index (χ0n) is 15.5. The SMILES string of the molecule is NCCCCc1c(-c2cccc(Cl)c2Cl)[nH]c2ccc(-c3ccccc3)cc12. The maximum absolute atomic E-state index is 6.54. The van der Waals surface area contributed by atoms with Crippen LogP contribution in [0.15, 0.2) is 66.7 Å². The Balaban J connectivity index is 1.89. The molecule has 0 saturated heterocycles. The van der Waals surface area contributed by atoms with Crippen molar-refractivity contribution in [2.24, 2.45) is 5.73 Å². The maximum Gasteiger partial charge on any atom is 0.0685 e. The molecule has 1 aromatic heterocycles. The molecule has 0 spiro atoms. The van der Waals surface area contributed by atoms with Gasteiger partial charge in [-0.1, -0.05) is 71.7 Å². The number of nitrogens with two attached hydrogens (primary N) is 1. The number of H-pyrrole nitrogens is 1. The van der Waals surface area contributed by atoms with Gasteiger partial charge >= 0.3 is 0 Å². The van der Waals surface area contributed by atoms with E-state index in [2.05, 4.69) is 47.4 Å². The summed E-state index contributed by atoms with van der Waals surface area (Å²) in [6, 6.07) is 22.8. The molecule has 4 aromatic rings. The van der Waals surface area contributed by atoms with E-state index >= 15 is 0 Å². The van der Waals surface area contributed by atoms with E-state index in [0.29, 0.717) is 16.6 Å². The molecule has 0 saturated carbocycles. The number of aromatic amines is 1. The Morgan fingerprint density at radius 3 is 2.43 bits per heavy atom. The molecule has 0 aliphatic rings. The van der Waals surface area contributed by atoms with Gasteiger partial charge in [-0.05, 0) is 60.7 Å². The lowest BCUT2D eigenvalue weighted by molar-refractivity contribution is 0.748. The van der Waals surface area contributed by atoms with Gasteiger partial charge in [0.1, 0.15) is 0 Å². The zero-order valence-corrected chi connectivity index (χ0v) is 17.0. The molecule has 0 aliphatic carbocycles. The minimum Gasteiger partial charge on any atom is -0.354 e. The average Bonchev–Trinajstić information content (AvgIpc) is 3.08. The Labute approximate surface area is 175 Å². The Kier molecular flexibility index (Phi) is 5.72.